The van der Waals surface area contributed by atoms with Gasteiger partial charge in [0.05, 0.1) is 18.2 Å². The van der Waals surface area contributed by atoms with Crippen molar-refractivity contribution in [3.8, 4) is 5.69 Å². The molecule has 4 rings (SSSR count). The fourth-order valence-electron chi connectivity index (χ4n) is 3.51. The third-order valence-electron chi connectivity index (χ3n) is 4.92. The number of hydrogen-bond acceptors (Lipinski definition) is 3. The molecule has 2 aromatic carbocycles. The van der Waals surface area contributed by atoms with Gasteiger partial charge >= 0.3 is 0 Å². The minimum Gasteiger partial charge on any atom is -0.318 e. The fourth-order valence-corrected chi connectivity index (χ4v) is 3.51. The van der Waals surface area contributed by atoms with Gasteiger partial charge in [-0.1, -0.05) is 36.4 Å². The van der Waals surface area contributed by atoms with Crippen LogP contribution in [0.5, 0.6) is 0 Å². The molecular weight excluding hydrogens is 360 g/mol. The second-order valence-electron chi connectivity index (χ2n) is 7.00. The maximum atomic E-state index is 12.1. The number of benzene rings is 2. The zero-order chi connectivity index (χ0) is 20.2. The van der Waals surface area contributed by atoms with E-state index in [9.17, 15) is 4.79 Å². The number of pyridine rings is 1. The molecular formula is C24H22N4O. The normalized spacial score (nSPS) is 11.2. The molecule has 0 fully saturated rings. The molecule has 0 spiro atoms. The van der Waals surface area contributed by atoms with Gasteiger partial charge in [0.1, 0.15) is 0 Å². The van der Waals surface area contributed by atoms with Crippen molar-refractivity contribution in [1.29, 1.82) is 0 Å². The number of nitrogens with one attached hydrogen (secondary N) is 1. The smallest absolute Gasteiger partial charge is 0.244 e. The molecule has 5 nitrogen and oxygen atoms in total. The Morgan fingerprint density at radius 2 is 1.90 bits per heavy atom. The summed E-state index contributed by atoms with van der Waals surface area (Å²) in [6.07, 6.45) is 3.81. The average Bonchev–Trinajstić information content (AvgIpc) is 3.01. The molecule has 0 saturated heterocycles. The highest BCUT2D eigenvalue weighted by Crippen LogP contribution is 2.22. The zero-order valence-electron chi connectivity index (χ0n) is 16.5. The molecule has 1 N–H and O–H groups in total. The Morgan fingerprint density at radius 1 is 1.07 bits per heavy atom. The Morgan fingerprint density at radius 3 is 2.72 bits per heavy atom. The molecule has 5 heteroatoms. The second-order valence-corrected chi connectivity index (χ2v) is 7.00. The number of carbonyl (C=O) groups excluding carboxylic acids is 1. The summed E-state index contributed by atoms with van der Waals surface area (Å²) in [5.41, 5.74) is 8.75. The minimum absolute atomic E-state index is 0.136. The van der Waals surface area contributed by atoms with Crippen LogP contribution in [0.1, 0.15) is 22.5 Å². The number of fused-ring (bicyclic) bond motifs is 1. The van der Waals surface area contributed by atoms with Gasteiger partial charge in [0, 0.05) is 34.2 Å². The van der Waals surface area contributed by atoms with E-state index in [4.69, 9.17) is 0 Å². The van der Waals surface area contributed by atoms with Crippen LogP contribution in [0.25, 0.3) is 16.6 Å². The topological polar surface area (TPSA) is 59.3 Å². The van der Waals surface area contributed by atoms with Crippen LogP contribution in [0.15, 0.2) is 78.0 Å². The van der Waals surface area contributed by atoms with Crippen LogP contribution in [0.3, 0.4) is 0 Å². The molecule has 0 aliphatic heterocycles. The van der Waals surface area contributed by atoms with Crippen LogP contribution in [-0.2, 0) is 11.2 Å². The standard InChI is InChI=1S/C24H22N4O/c1-17-13-21(16-26-27-24(29)14-19-7-4-3-5-8-19)18(2)28(17)22-10-11-23-20(15-22)9-6-12-25-23/h3-13,15-16H,14H2,1-2H3,(H,27,29)/b26-16-. The molecule has 2 aromatic heterocycles. The van der Waals surface area contributed by atoms with Crippen molar-refractivity contribution in [3.05, 3.63) is 95.4 Å². The second kappa shape index (κ2) is 8.10. The predicted octanol–water partition coefficient (Wildman–Crippen LogP) is 4.34. The largest absolute Gasteiger partial charge is 0.318 e. The van der Waals surface area contributed by atoms with Gasteiger partial charge in [0.15, 0.2) is 0 Å². The summed E-state index contributed by atoms with van der Waals surface area (Å²) in [4.78, 5) is 16.5. The number of aromatic nitrogens is 2. The first-order chi connectivity index (χ1) is 14.1. The van der Waals surface area contributed by atoms with Crippen molar-refractivity contribution in [3.63, 3.8) is 0 Å². The molecule has 1 amide bonds. The summed E-state index contributed by atoms with van der Waals surface area (Å²) in [5, 5.41) is 5.25. The lowest BCUT2D eigenvalue weighted by atomic mass is 10.1. The highest BCUT2D eigenvalue weighted by Gasteiger charge is 2.10. The van der Waals surface area contributed by atoms with E-state index in [0.717, 1.165) is 39.1 Å². The quantitative estimate of drug-likeness (QED) is 0.412. The van der Waals surface area contributed by atoms with E-state index in [0.29, 0.717) is 6.42 Å². The highest BCUT2D eigenvalue weighted by atomic mass is 16.2. The number of hydrazone groups is 1. The molecule has 144 valence electrons. The van der Waals surface area contributed by atoms with E-state index in [1.54, 1.807) is 12.4 Å². The van der Waals surface area contributed by atoms with Gasteiger partial charge in [0.2, 0.25) is 5.91 Å². The Kier molecular flexibility index (Phi) is 5.20. The summed E-state index contributed by atoms with van der Waals surface area (Å²) < 4.78 is 2.18. The van der Waals surface area contributed by atoms with Crippen LogP contribution < -0.4 is 5.43 Å². The van der Waals surface area contributed by atoms with Gasteiger partial charge < -0.3 is 4.57 Å². The number of nitrogens with zero attached hydrogens (tertiary/aromatic N) is 3. The van der Waals surface area contributed by atoms with Crippen LogP contribution in [0.4, 0.5) is 0 Å². The molecule has 29 heavy (non-hydrogen) atoms. The monoisotopic (exact) mass is 382 g/mol. The van der Waals surface area contributed by atoms with E-state index in [1.807, 2.05) is 49.4 Å². The summed E-state index contributed by atoms with van der Waals surface area (Å²) in [5.74, 6) is -0.136. The lowest BCUT2D eigenvalue weighted by Crippen LogP contribution is -2.19. The summed E-state index contributed by atoms with van der Waals surface area (Å²) in [6.45, 7) is 4.11. The Labute approximate surface area is 169 Å². The van der Waals surface area contributed by atoms with E-state index in [-0.39, 0.29) is 5.91 Å². The maximum Gasteiger partial charge on any atom is 0.244 e. The summed E-state index contributed by atoms with van der Waals surface area (Å²) in [7, 11) is 0. The number of rotatable bonds is 5. The van der Waals surface area contributed by atoms with Crippen molar-refractivity contribution in [2.24, 2.45) is 5.10 Å². The van der Waals surface area contributed by atoms with Crippen molar-refractivity contribution in [1.82, 2.24) is 15.0 Å². The lowest BCUT2D eigenvalue weighted by molar-refractivity contribution is -0.120. The first kappa shape index (κ1) is 18.6. The minimum atomic E-state index is -0.136. The molecule has 0 saturated carbocycles. The number of hydrogen-bond donors (Lipinski definition) is 1. The first-order valence-electron chi connectivity index (χ1n) is 9.52. The van der Waals surface area contributed by atoms with Crippen LogP contribution >= 0.6 is 0 Å². The van der Waals surface area contributed by atoms with Crippen molar-refractivity contribution in [2.45, 2.75) is 20.3 Å². The Balaban J connectivity index is 1.52. The van der Waals surface area contributed by atoms with Crippen LogP contribution in [0.2, 0.25) is 0 Å². The van der Waals surface area contributed by atoms with Crippen molar-refractivity contribution >= 4 is 23.0 Å². The van der Waals surface area contributed by atoms with Crippen molar-refractivity contribution < 1.29 is 4.79 Å². The fraction of sp³-hybridized carbons (Fsp3) is 0.125. The Hall–Kier alpha value is -3.73. The van der Waals surface area contributed by atoms with Crippen LogP contribution in [0, 0.1) is 13.8 Å². The number of carbonyl (C=O) groups is 1. The third kappa shape index (κ3) is 4.09. The molecule has 0 atom stereocenters. The molecule has 0 radical (unpaired) electrons. The van der Waals surface area contributed by atoms with E-state index in [2.05, 4.69) is 51.3 Å². The van der Waals surface area contributed by atoms with Crippen molar-refractivity contribution in [2.75, 3.05) is 0 Å². The molecule has 0 unspecified atom stereocenters. The van der Waals surface area contributed by atoms with Gasteiger partial charge in [-0.15, -0.1) is 0 Å². The number of aryl methyl sites for hydroxylation is 1. The molecule has 0 bridgehead atoms. The molecule has 0 aliphatic carbocycles. The molecule has 2 heterocycles. The number of amides is 1. The highest BCUT2D eigenvalue weighted by molar-refractivity contribution is 5.85. The van der Waals surface area contributed by atoms with Gasteiger partial charge in [0.25, 0.3) is 0 Å². The lowest BCUT2D eigenvalue weighted by Gasteiger charge is -2.10. The van der Waals surface area contributed by atoms with Gasteiger partial charge in [-0.25, -0.2) is 5.43 Å². The predicted molar refractivity (Wildman–Crippen MR) is 116 cm³/mol. The molecule has 0 aliphatic rings. The molecule has 4 aromatic rings. The SMILES string of the molecule is Cc1cc(/C=N\NC(=O)Cc2ccccc2)c(C)n1-c1ccc2ncccc2c1. The maximum absolute atomic E-state index is 12.1. The van der Waals surface area contributed by atoms with Gasteiger partial charge in [-0.3, -0.25) is 9.78 Å². The zero-order valence-corrected chi connectivity index (χ0v) is 16.5. The summed E-state index contributed by atoms with van der Waals surface area (Å²) >= 11 is 0. The van der Waals surface area contributed by atoms with E-state index < -0.39 is 0 Å². The van der Waals surface area contributed by atoms with E-state index >= 15 is 0 Å². The van der Waals surface area contributed by atoms with Gasteiger partial charge in [-0.05, 0) is 49.7 Å². The third-order valence-corrected chi connectivity index (χ3v) is 4.92. The average molecular weight is 382 g/mol. The van der Waals surface area contributed by atoms with E-state index in [1.165, 1.54) is 0 Å². The van der Waals surface area contributed by atoms with Gasteiger partial charge in [-0.2, -0.15) is 5.10 Å². The van der Waals surface area contributed by atoms with Crippen LogP contribution in [-0.4, -0.2) is 21.7 Å². The Bertz CT molecular complexity index is 1190. The summed E-state index contributed by atoms with van der Waals surface area (Å²) in [6, 6.07) is 21.9. The first-order valence-corrected chi connectivity index (χ1v) is 9.52.